The van der Waals surface area contributed by atoms with E-state index in [1.807, 2.05) is 6.20 Å². The fourth-order valence-electron chi connectivity index (χ4n) is 1.76. The van der Waals surface area contributed by atoms with Crippen molar-refractivity contribution in [3.8, 4) is 0 Å². The van der Waals surface area contributed by atoms with Crippen LogP contribution in [-0.2, 0) is 0 Å². The zero-order valence-electron chi connectivity index (χ0n) is 8.01. The third-order valence-corrected chi connectivity index (χ3v) is 2.95. The largest absolute Gasteiger partial charge is 0.465 e. The maximum absolute atomic E-state index is 10.7. The first-order valence-electron chi connectivity index (χ1n) is 4.72. The average Bonchev–Trinajstić information content (AvgIpc) is 2.65. The van der Waals surface area contributed by atoms with Crippen LogP contribution in [0.3, 0.4) is 0 Å². The van der Waals surface area contributed by atoms with Gasteiger partial charge in [-0.3, -0.25) is 0 Å². The van der Waals surface area contributed by atoms with Gasteiger partial charge in [0.25, 0.3) is 0 Å². The number of likely N-dealkylation sites (tertiary alicyclic amines) is 1. The first kappa shape index (κ1) is 10.4. The number of nitrogens with zero attached hydrogens (tertiary/aromatic N) is 4. The van der Waals surface area contributed by atoms with Crippen LogP contribution in [-0.4, -0.2) is 44.2 Å². The van der Waals surface area contributed by atoms with Gasteiger partial charge in [0.15, 0.2) is 0 Å². The summed E-state index contributed by atoms with van der Waals surface area (Å²) in [5.41, 5.74) is 0. The zero-order valence-corrected chi connectivity index (χ0v) is 9.59. The van der Waals surface area contributed by atoms with Gasteiger partial charge in [0.2, 0.25) is 0 Å². The first-order chi connectivity index (χ1) is 7.16. The Kier molecular flexibility index (Phi) is 2.90. The Balaban J connectivity index is 1.96. The molecule has 0 radical (unpaired) electrons. The van der Waals surface area contributed by atoms with E-state index >= 15 is 0 Å². The minimum Gasteiger partial charge on any atom is -0.465 e. The molecule has 1 amide bonds. The van der Waals surface area contributed by atoms with Crippen molar-refractivity contribution in [2.75, 3.05) is 13.1 Å². The molecule has 1 aromatic heterocycles. The van der Waals surface area contributed by atoms with Crippen LogP contribution in [0.5, 0.6) is 0 Å². The van der Waals surface area contributed by atoms with Gasteiger partial charge in [0.1, 0.15) is 4.60 Å². The van der Waals surface area contributed by atoms with Crippen LogP contribution in [0.2, 0.25) is 0 Å². The van der Waals surface area contributed by atoms with E-state index < -0.39 is 6.09 Å². The van der Waals surface area contributed by atoms with Crippen LogP contribution in [0.1, 0.15) is 18.9 Å². The third kappa shape index (κ3) is 2.28. The molecule has 1 N–H and O–H groups in total. The van der Waals surface area contributed by atoms with Crippen molar-refractivity contribution in [2.45, 2.75) is 18.9 Å². The third-order valence-electron chi connectivity index (χ3n) is 2.59. The molecule has 1 saturated heterocycles. The summed E-state index contributed by atoms with van der Waals surface area (Å²) in [7, 11) is 0. The Morgan fingerprint density at radius 1 is 1.53 bits per heavy atom. The zero-order chi connectivity index (χ0) is 10.8. The number of amides is 1. The van der Waals surface area contributed by atoms with Gasteiger partial charge in [-0.2, -0.15) is 0 Å². The van der Waals surface area contributed by atoms with E-state index in [4.69, 9.17) is 5.11 Å². The number of hydrogen-bond donors (Lipinski definition) is 1. The van der Waals surface area contributed by atoms with E-state index in [9.17, 15) is 4.79 Å². The molecule has 2 rings (SSSR count). The lowest BCUT2D eigenvalue weighted by Crippen LogP contribution is -2.38. The Morgan fingerprint density at radius 3 is 2.67 bits per heavy atom. The smallest absolute Gasteiger partial charge is 0.407 e. The topological polar surface area (TPSA) is 71.2 Å². The van der Waals surface area contributed by atoms with Crippen molar-refractivity contribution in [1.82, 2.24) is 19.9 Å². The number of piperidine rings is 1. The van der Waals surface area contributed by atoms with Crippen molar-refractivity contribution in [2.24, 2.45) is 0 Å². The van der Waals surface area contributed by atoms with E-state index in [0.717, 1.165) is 12.8 Å². The summed E-state index contributed by atoms with van der Waals surface area (Å²) in [5.74, 6) is 0. The highest BCUT2D eigenvalue weighted by Gasteiger charge is 2.23. The summed E-state index contributed by atoms with van der Waals surface area (Å²) < 4.78 is 2.51. The molecule has 1 aliphatic heterocycles. The Labute approximate surface area is 95.0 Å². The number of halogens is 1. The second-order valence-corrected chi connectivity index (χ2v) is 4.33. The van der Waals surface area contributed by atoms with Gasteiger partial charge in [-0.15, -0.1) is 5.10 Å². The van der Waals surface area contributed by atoms with Crippen molar-refractivity contribution in [1.29, 1.82) is 0 Å². The molecule has 0 spiro atoms. The molecular weight excluding hydrogens is 264 g/mol. The first-order valence-corrected chi connectivity index (χ1v) is 5.51. The second-order valence-electron chi connectivity index (χ2n) is 3.52. The lowest BCUT2D eigenvalue weighted by Gasteiger charge is -2.29. The van der Waals surface area contributed by atoms with Crippen molar-refractivity contribution >= 4 is 22.0 Å². The summed E-state index contributed by atoms with van der Waals surface area (Å²) in [6, 6.07) is 0.263. The van der Waals surface area contributed by atoms with Gasteiger partial charge in [0, 0.05) is 13.1 Å². The summed E-state index contributed by atoms with van der Waals surface area (Å²) in [5, 5.41) is 16.6. The molecule has 7 heteroatoms. The molecule has 0 unspecified atom stereocenters. The maximum atomic E-state index is 10.7. The summed E-state index contributed by atoms with van der Waals surface area (Å²) in [4.78, 5) is 12.1. The monoisotopic (exact) mass is 274 g/mol. The molecule has 0 atom stereocenters. The van der Waals surface area contributed by atoms with E-state index in [-0.39, 0.29) is 6.04 Å². The van der Waals surface area contributed by atoms with Gasteiger partial charge in [-0.05, 0) is 28.8 Å². The van der Waals surface area contributed by atoms with Crippen LogP contribution in [0.15, 0.2) is 10.8 Å². The number of rotatable bonds is 1. The lowest BCUT2D eigenvalue weighted by atomic mass is 10.1. The Morgan fingerprint density at radius 2 is 2.20 bits per heavy atom. The fraction of sp³-hybridized carbons (Fsp3) is 0.625. The predicted octanol–water partition coefficient (Wildman–Crippen LogP) is 1.36. The summed E-state index contributed by atoms with van der Waals surface area (Å²) in [6.07, 6.45) is 2.57. The fourth-order valence-corrected chi connectivity index (χ4v) is 2.04. The van der Waals surface area contributed by atoms with Crippen molar-refractivity contribution in [3.05, 3.63) is 10.8 Å². The minimum atomic E-state index is -0.840. The number of hydrogen-bond acceptors (Lipinski definition) is 3. The van der Waals surface area contributed by atoms with E-state index in [2.05, 4.69) is 26.2 Å². The molecule has 0 saturated carbocycles. The van der Waals surface area contributed by atoms with Crippen LogP contribution in [0, 0.1) is 0 Å². The van der Waals surface area contributed by atoms with Crippen LogP contribution >= 0.6 is 15.9 Å². The molecule has 82 valence electrons. The SMILES string of the molecule is O=C(O)N1CCC(n2cc(Br)nn2)CC1. The van der Waals surface area contributed by atoms with E-state index in [1.54, 1.807) is 4.68 Å². The summed E-state index contributed by atoms with van der Waals surface area (Å²) >= 11 is 3.23. The van der Waals surface area contributed by atoms with Gasteiger partial charge in [-0.25, -0.2) is 9.48 Å². The van der Waals surface area contributed by atoms with Gasteiger partial charge < -0.3 is 10.0 Å². The van der Waals surface area contributed by atoms with Crippen LogP contribution < -0.4 is 0 Å². The lowest BCUT2D eigenvalue weighted by molar-refractivity contribution is 0.123. The van der Waals surface area contributed by atoms with Crippen LogP contribution in [0.25, 0.3) is 0 Å². The minimum absolute atomic E-state index is 0.263. The molecule has 1 aromatic rings. The van der Waals surface area contributed by atoms with E-state index in [0.29, 0.717) is 17.7 Å². The Bertz CT molecular complexity index is 359. The molecule has 0 aliphatic carbocycles. The molecule has 2 heterocycles. The van der Waals surface area contributed by atoms with Gasteiger partial charge in [-0.1, -0.05) is 5.21 Å². The highest BCUT2D eigenvalue weighted by Crippen LogP contribution is 2.22. The van der Waals surface area contributed by atoms with Crippen LogP contribution in [0.4, 0.5) is 4.79 Å². The van der Waals surface area contributed by atoms with E-state index in [1.165, 1.54) is 4.90 Å². The second kappa shape index (κ2) is 4.18. The highest BCUT2D eigenvalue weighted by atomic mass is 79.9. The maximum Gasteiger partial charge on any atom is 0.407 e. The number of carboxylic acid groups (broad SMARTS) is 1. The standard InChI is InChI=1S/C8H11BrN4O2/c9-7-5-13(11-10-7)6-1-3-12(4-2-6)8(14)15/h5-6H,1-4H2,(H,14,15). The molecule has 15 heavy (non-hydrogen) atoms. The highest BCUT2D eigenvalue weighted by molar-refractivity contribution is 9.10. The molecule has 1 aliphatic rings. The molecule has 0 aromatic carbocycles. The number of carbonyl (C=O) groups is 1. The molecule has 1 fully saturated rings. The Hall–Kier alpha value is -1.11. The van der Waals surface area contributed by atoms with Crippen molar-refractivity contribution < 1.29 is 9.90 Å². The summed E-state index contributed by atoms with van der Waals surface area (Å²) in [6.45, 7) is 1.13. The quantitative estimate of drug-likeness (QED) is 0.839. The molecule has 6 nitrogen and oxygen atoms in total. The number of aromatic nitrogens is 3. The average molecular weight is 275 g/mol. The molecule has 0 bridgehead atoms. The predicted molar refractivity (Wildman–Crippen MR) is 55.6 cm³/mol. The van der Waals surface area contributed by atoms with Gasteiger partial charge >= 0.3 is 6.09 Å². The molecular formula is C8H11BrN4O2. The van der Waals surface area contributed by atoms with Gasteiger partial charge in [0.05, 0.1) is 12.2 Å². The normalized spacial score (nSPS) is 18.1. The van der Waals surface area contributed by atoms with Crippen molar-refractivity contribution in [3.63, 3.8) is 0 Å².